The lowest BCUT2D eigenvalue weighted by Crippen LogP contribution is -2.05. The van der Waals surface area contributed by atoms with Crippen molar-refractivity contribution in [3.63, 3.8) is 0 Å². The van der Waals surface area contributed by atoms with Crippen molar-refractivity contribution in [2.75, 3.05) is 12.5 Å². The first-order valence-electron chi connectivity index (χ1n) is 7.40. The average Bonchev–Trinajstić information content (AvgIpc) is 2.40. The minimum absolute atomic E-state index is 0.797. The Labute approximate surface area is 120 Å². The van der Waals surface area contributed by atoms with Gasteiger partial charge in [-0.25, -0.2) is 0 Å². The molecule has 2 rings (SSSR count). The van der Waals surface area contributed by atoms with E-state index in [2.05, 4.69) is 54.0 Å². The monoisotopic (exact) mass is 274 g/mol. The Morgan fingerprint density at radius 3 is 2.42 bits per heavy atom. The molecule has 0 atom stereocenters. The summed E-state index contributed by atoms with van der Waals surface area (Å²) in [5.41, 5.74) is 1.43. The van der Waals surface area contributed by atoms with Crippen molar-refractivity contribution in [3.05, 3.63) is 35.9 Å². The van der Waals surface area contributed by atoms with Crippen LogP contribution in [0.4, 0.5) is 0 Å². The molecule has 0 unspecified atom stereocenters. The molecule has 1 saturated carbocycles. The summed E-state index contributed by atoms with van der Waals surface area (Å²) in [7, 11) is -0.797. The molecule has 0 amide bonds. The second-order valence-electron chi connectivity index (χ2n) is 6.16. The SMILES string of the molecule is CS(C)(C#CCC1CCCCC1)Cc1ccccc1. The molecule has 1 aromatic carbocycles. The van der Waals surface area contributed by atoms with Gasteiger partial charge in [0.25, 0.3) is 0 Å². The van der Waals surface area contributed by atoms with Crippen LogP contribution < -0.4 is 0 Å². The van der Waals surface area contributed by atoms with Gasteiger partial charge in [0, 0.05) is 12.2 Å². The van der Waals surface area contributed by atoms with Crippen molar-refractivity contribution in [2.24, 2.45) is 5.92 Å². The minimum Gasteiger partial charge on any atom is -0.179 e. The number of hydrogen-bond donors (Lipinski definition) is 0. The van der Waals surface area contributed by atoms with Crippen LogP contribution in [0.2, 0.25) is 0 Å². The van der Waals surface area contributed by atoms with Crippen LogP contribution in [0.15, 0.2) is 30.3 Å². The van der Waals surface area contributed by atoms with Crippen LogP contribution >= 0.6 is 10.0 Å². The molecule has 0 radical (unpaired) electrons. The van der Waals surface area contributed by atoms with Gasteiger partial charge in [-0.1, -0.05) is 60.8 Å². The van der Waals surface area contributed by atoms with Gasteiger partial charge in [0.1, 0.15) is 0 Å². The van der Waals surface area contributed by atoms with E-state index in [0.717, 1.165) is 18.1 Å². The van der Waals surface area contributed by atoms with E-state index in [9.17, 15) is 0 Å². The van der Waals surface area contributed by atoms with Crippen molar-refractivity contribution in [1.29, 1.82) is 0 Å². The minimum atomic E-state index is -0.797. The average molecular weight is 274 g/mol. The third kappa shape index (κ3) is 5.33. The molecular formula is C18H26S. The quantitative estimate of drug-likeness (QED) is 0.666. The predicted molar refractivity (Wildman–Crippen MR) is 88.6 cm³/mol. The van der Waals surface area contributed by atoms with Crippen molar-refractivity contribution >= 4 is 10.0 Å². The van der Waals surface area contributed by atoms with Crippen LogP contribution in [0, 0.1) is 17.1 Å². The highest BCUT2D eigenvalue weighted by Gasteiger charge is 2.12. The molecule has 1 heteroatoms. The topological polar surface area (TPSA) is 0 Å². The third-order valence-corrected chi connectivity index (χ3v) is 5.59. The summed E-state index contributed by atoms with van der Waals surface area (Å²) in [6.45, 7) is 0. The lowest BCUT2D eigenvalue weighted by atomic mass is 9.87. The van der Waals surface area contributed by atoms with Crippen LogP contribution in [0.1, 0.15) is 44.1 Å². The molecule has 0 heterocycles. The molecule has 1 aliphatic carbocycles. The van der Waals surface area contributed by atoms with E-state index in [4.69, 9.17) is 0 Å². The molecule has 104 valence electrons. The van der Waals surface area contributed by atoms with Crippen LogP contribution in [-0.2, 0) is 5.75 Å². The first kappa shape index (κ1) is 14.5. The Hall–Kier alpha value is -0.870. The zero-order chi connectivity index (χ0) is 13.6. The van der Waals surface area contributed by atoms with E-state index < -0.39 is 10.0 Å². The summed E-state index contributed by atoms with van der Waals surface area (Å²) >= 11 is 0. The second-order valence-corrected chi connectivity index (χ2v) is 9.72. The lowest BCUT2D eigenvalue weighted by molar-refractivity contribution is 0.365. The van der Waals surface area contributed by atoms with Crippen molar-refractivity contribution in [1.82, 2.24) is 0 Å². The summed E-state index contributed by atoms with van der Waals surface area (Å²) in [5.74, 6) is 5.52. The van der Waals surface area contributed by atoms with Gasteiger partial charge in [0.05, 0.1) is 0 Å². The molecule has 1 aliphatic rings. The Balaban J connectivity index is 1.86. The van der Waals surface area contributed by atoms with Crippen LogP contribution in [0.3, 0.4) is 0 Å². The maximum Gasteiger partial charge on any atom is 0.0125 e. The molecule has 0 N–H and O–H groups in total. The van der Waals surface area contributed by atoms with E-state index in [0.29, 0.717) is 0 Å². The van der Waals surface area contributed by atoms with E-state index in [-0.39, 0.29) is 0 Å². The molecule has 1 fully saturated rings. The van der Waals surface area contributed by atoms with Crippen molar-refractivity contribution in [2.45, 2.75) is 44.3 Å². The second kappa shape index (κ2) is 7.06. The molecule has 0 aliphatic heterocycles. The molecule has 0 saturated heterocycles. The van der Waals surface area contributed by atoms with Gasteiger partial charge < -0.3 is 0 Å². The molecule has 0 spiro atoms. The van der Waals surface area contributed by atoms with Crippen molar-refractivity contribution < 1.29 is 0 Å². The fourth-order valence-corrected chi connectivity index (χ4v) is 4.37. The standard InChI is InChI=1S/C18H26S/c1-19(2,16-18-12-7-4-8-13-18)15-9-14-17-10-5-3-6-11-17/h4,7-8,12-13,17H,3,5-6,10-11,14,16H2,1-2H3. The predicted octanol–water partition coefficient (Wildman–Crippen LogP) is 5.18. The Kier molecular flexibility index (Phi) is 5.40. The largest absolute Gasteiger partial charge is 0.179 e. The van der Waals surface area contributed by atoms with Gasteiger partial charge in [-0.05, 0) is 36.8 Å². The Morgan fingerprint density at radius 2 is 1.74 bits per heavy atom. The Bertz CT molecular complexity index is 430. The fraction of sp³-hybridized carbons (Fsp3) is 0.556. The fourth-order valence-electron chi connectivity index (χ4n) is 2.80. The lowest BCUT2D eigenvalue weighted by Gasteiger charge is -2.24. The van der Waals surface area contributed by atoms with Gasteiger partial charge >= 0.3 is 0 Å². The molecular weight excluding hydrogens is 248 g/mol. The highest BCUT2D eigenvalue weighted by Crippen LogP contribution is 2.42. The van der Waals surface area contributed by atoms with E-state index in [1.165, 1.54) is 37.7 Å². The van der Waals surface area contributed by atoms with Gasteiger partial charge in [0.2, 0.25) is 0 Å². The summed E-state index contributed by atoms with van der Waals surface area (Å²) < 4.78 is 0. The maximum atomic E-state index is 3.59. The van der Waals surface area contributed by atoms with Crippen molar-refractivity contribution in [3.8, 4) is 11.2 Å². The maximum absolute atomic E-state index is 3.59. The smallest absolute Gasteiger partial charge is 0.0125 e. The van der Waals surface area contributed by atoms with Gasteiger partial charge in [0.15, 0.2) is 0 Å². The number of benzene rings is 1. The Morgan fingerprint density at radius 1 is 1.05 bits per heavy atom. The normalized spacial score (nSPS) is 17.6. The highest BCUT2D eigenvalue weighted by molar-refractivity contribution is 8.35. The van der Waals surface area contributed by atoms with Gasteiger partial charge in [-0.3, -0.25) is 0 Å². The third-order valence-electron chi connectivity index (χ3n) is 3.83. The van der Waals surface area contributed by atoms with Gasteiger partial charge in [-0.2, -0.15) is 10.0 Å². The van der Waals surface area contributed by atoms with Crippen LogP contribution in [0.25, 0.3) is 0 Å². The highest BCUT2D eigenvalue weighted by atomic mass is 32.3. The molecule has 1 aromatic rings. The summed E-state index contributed by atoms with van der Waals surface area (Å²) in [5, 5.41) is 3.59. The van der Waals surface area contributed by atoms with Crippen LogP contribution in [0.5, 0.6) is 0 Å². The molecule has 19 heavy (non-hydrogen) atoms. The zero-order valence-corrected chi connectivity index (χ0v) is 13.1. The molecule has 0 nitrogen and oxygen atoms in total. The first-order valence-corrected chi connectivity index (χ1v) is 10.0. The summed E-state index contributed by atoms with van der Waals surface area (Å²) in [4.78, 5) is 0. The van der Waals surface area contributed by atoms with Gasteiger partial charge in [-0.15, -0.1) is 0 Å². The van der Waals surface area contributed by atoms with E-state index >= 15 is 0 Å². The molecule has 0 aromatic heterocycles. The summed E-state index contributed by atoms with van der Waals surface area (Å²) in [6, 6.07) is 10.8. The first-order chi connectivity index (χ1) is 9.16. The van der Waals surface area contributed by atoms with E-state index in [1.807, 2.05) is 0 Å². The summed E-state index contributed by atoms with van der Waals surface area (Å²) in [6.07, 6.45) is 12.9. The zero-order valence-electron chi connectivity index (χ0n) is 12.3. The molecule has 0 bridgehead atoms. The van der Waals surface area contributed by atoms with Crippen LogP contribution in [-0.4, -0.2) is 12.5 Å². The number of hydrogen-bond acceptors (Lipinski definition) is 0. The van der Waals surface area contributed by atoms with E-state index in [1.54, 1.807) is 0 Å². The number of rotatable bonds is 3.